The van der Waals surface area contributed by atoms with Crippen molar-refractivity contribution in [3.63, 3.8) is 0 Å². The molecule has 0 spiro atoms. The molecule has 1 atom stereocenters. The summed E-state index contributed by atoms with van der Waals surface area (Å²) in [6.45, 7) is -0.437. The first-order valence-corrected chi connectivity index (χ1v) is 9.24. The van der Waals surface area contributed by atoms with Gasteiger partial charge in [-0.05, 0) is 23.8 Å². The van der Waals surface area contributed by atoms with E-state index in [4.69, 9.17) is 5.73 Å². The number of phenols is 1. The fraction of sp³-hybridized carbons (Fsp3) is 0.278. The number of nitrogens with one attached hydrogen (secondary N) is 2. The zero-order valence-corrected chi connectivity index (χ0v) is 16.4. The maximum Gasteiger partial charge on any atom is 0.418 e. The van der Waals surface area contributed by atoms with Gasteiger partial charge in [-0.2, -0.15) is 13.2 Å². The second-order valence-corrected chi connectivity index (χ2v) is 7.04. The van der Waals surface area contributed by atoms with Gasteiger partial charge in [0.2, 0.25) is 0 Å². The minimum Gasteiger partial charge on any atom is -0.508 e. The van der Waals surface area contributed by atoms with Crippen molar-refractivity contribution in [2.45, 2.75) is 18.8 Å². The summed E-state index contributed by atoms with van der Waals surface area (Å²) in [5.74, 6) is -2.99. The lowest BCUT2D eigenvalue weighted by Gasteiger charge is -2.14. The molecule has 162 valence electrons. The number of esters is 1. The maximum absolute atomic E-state index is 13.4. The van der Waals surface area contributed by atoms with Crippen molar-refractivity contribution >= 4 is 29.1 Å². The van der Waals surface area contributed by atoms with Gasteiger partial charge in [-0.15, -0.1) is 11.3 Å². The average molecular weight is 445 g/mol. The summed E-state index contributed by atoms with van der Waals surface area (Å²) in [5, 5.41) is 13.9. The van der Waals surface area contributed by atoms with Crippen LogP contribution in [0.15, 0.2) is 30.3 Å². The number of benzene rings is 1. The highest BCUT2D eigenvalue weighted by atomic mass is 32.1. The van der Waals surface area contributed by atoms with Crippen molar-refractivity contribution in [2.75, 3.05) is 13.7 Å². The second kappa shape index (κ2) is 9.59. The van der Waals surface area contributed by atoms with E-state index in [1.54, 1.807) is 12.1 Å². The molecule has 0 aliphatic carbocycles. The van der Waals surface area contributed by atoms with Crippen molar-refractivity contribution in [2.24, 2.45) is 5.73 Å². The number of thiophene rings is 1. The van der Waals surface area contributed by atoms with Crippen molar-refractivity contribution in [3.05, 3.63) is 51.2 Å². The molecular weight excluding hydrogens is 427 g/mol. The van der Waals surface area contributed by atoms with Crippen LogP contribution in [0.5, 0.6) is 5.75 Å². The summed E-state index contributed by atoms with van der Waals surface area (Å²) >= 11 is 0.326. The molecule has 1 aromatic heterocycles. The summed E-state index contributed by atoms with van der Waals surface area (Å²) < 4.78 is 44.6. The van der Waals surface area contributed by atoms with Crippen LogP contribution in [0.3, 0.4) is 0 Å². The van der Waals surface area contributed by atoms with E-state index < -0.39 is 40.4 Å². The molecule has 30 heavy (non-hydrogen) atoms. The number of halogens is 3. The molecule has 1 heterocycles. The molecule has 5 N–H and O–H groups in total. The fourth-order valence-corrected chi connectivity index (χ4v) is 3.40. The lowest BCUT2D eigenvalue weighted by Crippen LogP contribution is -2.46. The molecule has 0 unspecified atom stereocenters. The number of hydrogen-bond donors (Lipinski definition) is 4. The summed E-state index contributed by atoms with van der Waals surface area (Å²) in [7, 11) is 1.04. The predicted octanol–water partition coefficient (Wildman–Crippen LogP) is 1.63. The molecular formula is C18H18F3N3O5S. The predicted molar refractivity (Wildman–Crippen MR) is 101 cm³/mol. The van der Waals surface area contributed by atoms with Gasteiger partial charge in [-0.3, -0.25) is 9.59 Å². The van der Waals surface area contributed by atoms with Gasteiger partial charge in [0, 0.05) is 13.1 Å². The summed E-state index contributed by atoms with van der Waals surface area (Å²) in [4.78, 5) is 35.0. The number of alkyl halides is 3. The number of hydrogen-bond acceptors (Lipinski definition) is 7. The van der Waals surface area contributed by atoms with Crippen molar-refractivity contribution in [3.8, 4) is 5.75 Å². The van der Waals surface area contributed by atoms with E-state index in [0.29, 0.717) is 23.0 Å². The Hall–Kier alpha value is -3.12. The molecule has 2 aromatic rings. The molecule has 0 saturated carbocycles. The quantitative estimate of drug-likeness (QED) is 0.479. The zero-order chi connectivity index (χ0) is 22.5. The lowest BCUT2D eigenvalue weighted by atomic mass is 10.2. The van der Waals surface area contributed by atoms with Crippen LogP contribution >= 0.6 is 11.3 Å². The van der Waals surface area contributed by atoms with Crippen molar-refractivity contribution in [1.82, 2.24) is 10.6 Å². The Bertz CT molecular complexity index is 945. The number of ether oxygens (including phenoxy) is 1. The summed E-state index contributed by atoms with van der Waals surface area (Å²) in [5.41, 5.74) is 4.56. The number of phenolic OH excluding ortho intramolecular Hbond substituents is 1. The first-order chi connectivity index (χ1) is 14.1. The Kier molecular flexibility index (Phi) is 7.40. The lowest BCUT2D eigenvalue weighted by molar-refractivity contribution is -0.142. The number of methoxy groups -OCH3 is 1. The number of nitrogens with two attached hydrogens (primary N) is 1. The SMILES string of the molecule is COC(=O)[C@H](CN)NC(=O)c1sc(C(=O)NCc2cccc(O)c2)cc1C(F)(F)F. The molecule has 0 aliphatic rings. The van der Waals surface area contributed by atoms with Crippen LogP contribution in [0.4, 0.5) is 13.2 Å². The molecule has 0 radical (unpaired) electrons. The molecule has 0 aliphatic heterocycles. The Morgan fingerprint density at radius 1 is 1.23 bits per heavy atom. The molecule has 8 nitrogen and oxygen atoms in total. The number of carbonyl (C=O) groups is 3. The van der Waals surface area contributed by atoms with Gasteiger partial charge in [0.25, 0.3) is 11.8 Å². The van der Waals surface area contributed by atoms with Gasteiger partial charge in [-0.1, -0.05) is 12.1 Å². The van der Waals surface area contributed by atoms with Crippen LogP contribution in [0.2, 0.25) is 0 Å². The highest BCUT2D eigenvalue weighted by molar-refractivity contribution is 7.16. The summed E-state index contributed by atoms with van der Waals surface area (Å²) in [6, 6.07) is 5.18. The summed E-state index contributed by atoms with van der Waals surface area (Å²) in [6.07, 6.45) is -4.91. The number of rotatable bonds is 7. The normalized spacial score (nSPS) is 12.2. The molecule has 0 fully saturated rings. The number of aromatic hydroxyl groups is 1. The highest BCUT2D eigenvalue weighted by Gasteiger charge is 2.39. The Morgan fingerprint density at radius 2 is 1.93 bits per heavy atom. The Morgan fingerprint density at radius 3 is 2.50 bits per heavy atom. The largest absolute Gasteiger partial charge is 0.508 e. The van der Waals surface area contributed by atoms with Gasteiger partial charge >= 0.3 is 12.1 Å². The highest BCUT2D eigenvalue weighted by Crippen LogP contribution is 2.37. The van der Waals surface area contributed by atoms with Crippen LogP contribution in [0.25, 0.3) is 0 Å². The Labute approximate surface area is 172 Å². The van der Waals surface area contributed by atoms with Gasteiger partial charge in [0.15, 0.2) is 0 Å². The fourth-order valence-electron chi connectivity index (χ4n) is 2.40. The van der Waals surface area contributed by atoms with Crippen LogP contribution < -0.4 is 16.4 Å². The minimum atomic E-state index is -4.91. The van der Waals surface area contributed by atoms with E-state index in [-0.39, 0.29) is 23.7 Å². The smallest absolute Gasteiger partial charge is 0.418 e. The van der Waals surface area contributed by atoms with Crippen molar-refractivity contribution in [1.29, 1.82) is 0 Å². The van der Waals surface area contributed by atoms with Gasteiger partial charge < -0.3 is 26.2 Å². The van der Waals surface area contributed by atoms with E-state index in [2.05, 4.69) is 15.4 Å². The van der Waals surface area contributed by atoms with Gasteiger partial charge in [0.1, 0.15) is 16.7 Å². The van der Waals surface area contributed by atoms with E-state index in [9.17, 15) is 32.7 Å². The van der Waals surface area contributed by atoms with E-state index >= 15 is 0 Å². The average Bonchev–Trinajstić information content (AvgIpc) is 3.16. The first-order valence-electron chi connectivity index (χ1n) is 8.42. The molecule has 2 rings (SSSR count). The monoisotopic (exact) mass is 445 g/mol. The standard InChI is InChI=1S/C18H18F3N3O5S/c1-29-17(28)12(7-22)24-16(27)14-11(18(19,20)21)6-13(30-14)15(26)23-8-9-3-2-4-10(25)5-9/h2-6,12,25H,7-8,22H2,1H3,(H,23,26)(H,24,27)/t12-/m0/s1. The number of carbonyl (C=O) groups excluding carboxylic acids is 3. The maximum atomic E-state index is 13.4. The molecule has 0 bridgehead atoms. The minimum absolute atomic E-state index is 0.0312. The third kappa shape index (κ3) is 5.70. The van der Waals surface area contributed by atoms with Crippen molar-refractivity contribution < 1.29 is 37.4 Å². The van der Waals surface area contributed by atoms with E-state index in [1.165, 1.54) is 12.1 Å². The Balaban J connectivity index is 2.24. The van der Waals surface area contributed by atoms with Crippen LogP contribution in [0, 0.1) is 0 Å². The molecule has 12 heteroatoms. The third-order valence-electron chi connectivity index (χ3n) is 3.86. The topological polar surface area (TPSA) is 131 Å². The van der Waals surface area contributed by atoms with Crippen LogP contribution in [-0.4, -0.2) is 42.6 Å². The number of amides is 2. The van der Waals surface area contributed by atoms with Gasteiger partial charge in [0.05, 0.1) is 17.6 Å². The second-order valence-electron chi connectivity index (χ2n) is 5.99. The van der Waals surface area contributed by atoms with E-state index in [1.807, 2.05) is 0 Å². The van der Waals surface area contributed by atoms with Crippen LogP contribution in [-0.2, 0) is 22.3 Å². The van der Waals surface area contributed by atoms with E-state index in [0.717, 1.165) is 7.11 Å². The molecule has 2 amide bonds. The molecule has 1 aromatic carbocycles. The third-order valence-corrected chi connectivity index (χ3v) is 4.99. The molecule has 0 saturated heterocycles. The van der Waals surface area contributed by atoms with Gasteiger partial charge in [-0.25, -0.2) is 4.79 Å². The van der Waals surface area contributed by atoms with Crippen LogP contribution in [0.1, 0.15) is 30.5 Å². The zero-order valence-electron chi connectivity index (χ0n) is 15.6. The first kappa shape index (κ1) is 23.2.